The number of benzene rings is 2. The maximum absolute atomic E-state index is 14.3. The molecule has 0 spiro atoms. The Morgan fingerprint density at radius 2 is 1.81 bits per heavy atom. The molecular weight excluding hydrogens is 425 g/mol. The molecule has 31 heavy (non-hydrogen) atoms. The Bertz CT molecular complexity index is 1010. The minimum atomic E-state index is -4.09. The van der Waals surface area contributed by atoms with Gasteiger partial charge < -0.3 is 14.8 Å². The number of para-hydroxylation sites is 1. The zero-order valence-corrected chi connectivity index (χ0v) is 19.1. The fourth-order valence-electron chi connectivity index (χ4n) is 2.70. The number of halogens is 1. The predicted molar refractivity (Wildman–Crippen MR) is 117 cm³/mol. The molecule has 0 aromatic heterocycles. The first kappa shape index (κ1) is 24.4. The van der Waals surface area contributed by atoms with Gasteiger partial charge in [-0.3, -0.25) is 4.79 Å². The van der Waals surface area contributed by atoms with E-state index in [9.17, 15) is 17.6 Å². The highest BCUT2D eigenvalue weighted by Crippen LogP contribution is 2.29. The van der Waals surface area contributed by atoms with E-state index >= 15 is 0 Å². The summed E-state index contributed by atoms with van der Waals surface area (Å²) in [5, 5.41) is 2.66. The number of carbonyl (C=O) groups excluding carboxylic acids is 1. The average molecular weight is 454 g/mol. The molecule has 170 valence electrons. The number of amides is 1. The fraction of sp³-hybridized carbons (Fsp3) is 0.381. The first-order valence-electron chi connectivity index (χ1n) is 9.61. The van der Waals surface area contributed by atoms with Gasteiger partial charge in [0.25, 0.3) is 0 Å². The highest BCUT2D eigenvalue weighted by atomic mass is 32.2. The lowest BCUT2D eigenvalue weighted by Crippen LogP contribution is -2.46. The molecule has 2 aromatic rings. The average Bonchev–Trinajstić information content (AvgIpc) is 2.71. The van der Waals surface area contributed by atoms with Crippen molar-refractivity contribution in [2.75, 3.05) is 32.1 Å². The fourth-order valence-corrected chi connectivity index (χ4v) is 3.77. The van der Waals surface area contributed by atoms with E-state index in [1.807, 2.05) is 13.8 Å². The first-order chi connectivity index (χ1) is 14.6. The van der Waals surface area contributed by atoms with Crippen LogP contribution < -0.4 is 19.1 Å². The lowest BCUT2D eigenvalue weighted by molar-refractivity contribution is -0.119. The van der Waals surface area contributed by atoms with Gasteiger partial charge >= 0.3 is 10.2 Å². The van der Waals surface area contributed by atoms with Crippen molar-refractivity contribution in [1.82, 2.24) is 9.62 Å². The third kappa shape index (κ3) is 6.31. The van der Waals surface area contributed by atoms with Crippen LogP contribution in [-0.2, 0) is 21.5 Å². The molecule has 2 rings (SSSR count). The maximum atomic E-state index is 14.3. The number of nitrogens with one attached hydrogen (secondary N) is 1. The number of rotatable bonds is 10. The van der Waals surface area contributed by atoms with Gasteiger partial charge in [0, 0.05) is 20.6 Å². The number of nitrogens with zero attached hydrogens (tertiary/aromatic N) is 2. The third-order valence-corrected chi connectivity index (χ3v) is 6.03. The first-order valence-corrected chi connectivity index (χ1v) is 11.0. The molecule has 0 unspecified atom stereocenters. The smallest absolute Gasteiger partial charge is 0.304 e. The molecule has 0 aliphatic carbocycles. The van der Waals surface area contributed by atoms with Crippen LogP contribution >= 0.6 is 0 Å². The van der Waals surface area contributed by atoms with Gasteiger partial charge in [-0.15, -0.1) is 0 Å². The second-order valence-electron chi connectivity index (χ2n) is 7.18. The number of methoxy groups -OCH3 is 1. The van der Waals surface area contributed by atoms with Crippen molar-refractivity contribution in [3.05, 3.63) is 53.8 Å². The van der Waals surface area contributed by atoms with E-state index < -0.39 is 28.5 Å². The van der Waals surface area contributed by atoms with Crippen LogP contribution in [0.4, 0.5) is 10.1 Å². The zero-order valence-electron chi connectivity index (χ0n) is 18.3. The van der Waals surface area contributed by atoms with Crippen LogP contribution in [0.5, 0.6) is 11.5 Å². The van der Waals surface area contributed by atoms with E-state index in [1.165, 1.54) is 39.4 Å². The largest absolute Gasteiger partial charge is 0.493 e. The third-order valence-electron chi connectivity index (χ3n) is 4.23. The van der Waals surface area contributed by atoms with Crippen molar-refractivity contribution in [1.29, 1.82) is 0 Å². The van der Waals surface area contributed by atoms with Gasteiger partial charge in [0.1, 0.15) is 12.4 Å². The van der Waals surface area contributed by atoms with Crippen LogP contribution in [0.2, 0.25) is 0 Å². The summed E-state index contributed by atoms with van der Waals surface area (Å²) in [5.74, 6) is -0.236. The summed E-state index contributed by atoms with van der Waals surface area (Å²) in [4.78, 5) is 12.5. The van der Waals surface area contributed by atoms with Crippen molar-refractivity contribution in [3.63, 3.8) is 0 Å². The van der Waals surface area contributed by atoms with E-state index in [1.54, 1.807) is 18.2 Å². The van der Waals surface area contributed by atoms with E-state index in [0.717, 1.165) is 20.2 Å². The minimum absolute atomic E-state index is 0.0255. The number of anilines is 1. The van der Waals surface area contributed by atoms with Crippen LogP contribution in [-0.4, -0.2) is 52.5 Å². The summed E-state index contributed by atoms with van der Waals surface area (Å²) < 4.78 is 52.3. The summed E-state index contributed by atoms with van der Waals surface area (Å²) in [7, 11) is 0.0533. The molecule has 0 aliphatic rings. The van der Waals surface area contributed by atoms with Gasteiger partial charge in [0.05, 0.1) is 18.9 Å². The summed E-state index contributed by atoms with van der Waals surface area (Å²) in [6.45, 7) is 3.35. The second-order valence-corrected chi connectivity index (χ2v) is 9.24. The highest BCUT2D eigenvalue weighted by molar-refractivity contribution is 7.90. The monoisotopic (exact) mass is 453 g/mol. The molecular formula is C21H28FN3O5S. The number of ether oxygens (including phenoxy) is 2. The Balaban J connectivity index is 2.16. The molecule has 0 atom stereocenters. The second kappa shape index (κ2) is 10.5. The molecule has 0 saturated heterocycles. The molecule has 1 N–H and O–H groups in total. The SMILES string of the molecule is COc1cc(CNC(=O)CN(c2ccccc2F)S(=O)(=O)N(C)C)ccc1OC(C)C. The minimum Gasteiger partial charge on any atom is -0.493 e. The Morgan fingerprint density at radius 3 is 2.39 bits per heavy atom. The zero-order chi connectivity index (χ0) is 23.2. The Labute approximate surface area is 182 Å². The molecule has 0 radical (unpaired) electrons. The van der Waals surface area contributed by atoms with Crippen molar-refractivity contribution in [2.24, 2.45) is 0 Å². The Kier molecular flexibility index (Phi) is 8.23. The van der Waals surface area contributed by atoms with Gasteiger partial charge in [-0.05, 0) is 43.7 Å². The van der Waals surface area contributed by atoms with Crippen LogP contribution in [0.3, 0.4) is 0 Å². The molecule has 0 bridgehead atoms. The van der Waals surface area contributed by atoms with Crippen LogP contribution in [0.15, 0.2) is 42.5 Å². The molecule has 2 aromatic carbocycles. The lowest BCUT2D eigenvalue weighted by atomic mass is 10.2. The van der Waals surface area contributed by atoms with Gasteiger partial charge in [-0.2, -0.15) is 12.7 Å². The molecule has 0 fully saturated rings. The van der Waals surface area contributed by atoms with Crippen LogP contribution in [0.1, 0.15) is 19.4 Å². The van der Waals surface area contributed by atoms with Crippen molar-refractivity contribution in [2.45, 2.75) is 26.5 Å². The van der Waals surface area contributed by atoms with Crippen molar-refractivity contribution in [3.8, 4) is 11.5 Å². The van der Waals surface area contributed by atoms with E-state index in [-0.39, 0.29) is 18.3 Å². The number of hydrogen-bond donors (Lipinski definition) is 1. The van der Waals surface area contributed by atoms with Gasteiger partial charge in [0.2, 0.25) is 5.91 Å². The van der Waals surface area contributed by atoms with Crippen LogP contribution in [0.25, 0.3) is 0 Å². The molecule has 0 aliphatic heterocycles. The van der Waals surface area contributed by atoms with Gasteiger partial charge in [-0.1, -0.05) is 18.2 Å². The summed E-state index contributed by atoms with van der Waals surface area (Å²) in [5.41, 5.74) is 0.525. The van der Waals surface area contributed by atoms with E-state index in [0.29, 0.717) is 11.5 Å². The normalized spacial score (nSPS) is 11.5. The topological polar surface area (TPSA) is 88.2 Å². The summed E-state index contributed by atoms with van der Waals surface area (Å²) >= 11 is 0. The number of hydrogen-bond acceptors (Lipinski definition) is 5. The summed E-state index contributed by atoms with van der Waals surface area (Å²) in [6, 6.07) is 10.6. The highest BCUT2D eigenvalue weighted by Gasteiger charge is 2.29. The van der Waals surface area contributed by atoms with Gasteiger partial charge in [-0.25, -0.2) is 8.70 Å². The molecule has 8 nitrogen and oxygen atoms in total. The van der Waals surface area contributed by atoms with E-state index in [4.69, 9.17) is 9.47 Å². The lowest BCUT2D eigenvalue weighted by Gasteiger charge is -2.27. The van der Waals surface area contributed by atoms with Crippen LogP contribution in [0, 0.1) is 5.82 Å². The molecule has 10 heteroatoms. The predicted octanol–water partition coefficient (Wildman–Crippen LogP) is 2.55. The molecule has 0 heterocycles. The maximum Gasteiger partial charge on any atom is 0.304 e. The van der Waals surface area contributed by atoms with E-state index in [2.05, 4.69) is 5.32 Å². The standard InChI is InChI=1S/C21H28FN3O5S/c1-15(2)30-19-11-10-16(12-20(19)29-5)13-23-21(26)14-25(31(27,28)24(3)4)18-9-7-6-8-17(18)22/h6-12,15H,13-14H2,1-5H3,(H,23,26). The number of carbonyl (C=O) groups is 1. The molecule has 0 saturated carbocycles. The Morgan fingerprint density at radius 1 is 1.13 bits per heavy atom. The Hall–Kier alpha value is -2.85. The molecule has 1 amide bonds. The summed E-state index contributed by atoms with van der Waals surface area (Å²) in [6.07, 6.45) is -0.0255. The quantitative estimate of drug-likeness (QED) is 0.597. The van der Waals surface area contributed by atoms with Crippen molar-refractivity contribution >= 4 is 21.8 Å². The van der Waals surface area contributed by atoms with Gasteiger partial charge in [0.15, 0.2) is 11.5 Å². The van der Waals surface area contributed by atoms with Crippen molar-refractivity contribution < 1.29 is 27.1 Å².